The second kappa shape index (κ2) is 6.61. The van der Waals surface area contributed by atoms with Crippen LogP contribution in [0.5, 0.6) is 5.75 Å². The van der Waals surface area contributed by atoms with E-state index in [4.69, 9.17) is 16.3 Å². The van der Waals surface area contributed by atoms with Crippen LogP contribution in [-0.2, 0) is 6.54 Å². The van der Waals surface area contributed by atoms with Crippen molar-refractivity contribution in [1.82, 2.24) is 15.1 Å². The SMILES string of the molecule is CCn1ncc(OC)c1C(NC)c1ccc(Br)c(Cl)c1. The molecular weight excluding hydrogens is 342 g/mol. The van der Waals surface area contributed by atoms with Crippen LogP contribution in [0.25, 0.3) is 0 Å². The normalized spacial score (nSPS) is 12.4. The third kappa shape index (κ3) is 2.85. The van der Waals surface area contributed by atoms with Gasteiger partial charge in [-0.2, -0.15) is 5.10 Å². The fraction of sp³-hybridized carbons (Fsp3) is 0.357. The van der Waals surface area contributed by atoms with Gasteiger partial charge in [0.05, 0.1) is 24.4 Å². The molecule has 0 aliphatic heterocycles. The standard InChI is InChI=1S/C14H17BrClN3O/c1-4-19-14(12(20-3)8-18-19)13(17-2)9-5-6-10(15)11(16)7-9/h5-8,13,17H,4H2,1-3H3. The van der Waals surface area contributed by atoms with Crippen molar-refractivity contribution in [2.24, 2.45) is 0 Å². The number of halogens is 2. The van der Waals surface area contributed by atoms with Crippen LogP contribution >= 0.6 is 27.5 Å². The van der Waals surface area contributed by atoms with Crippen LogP contribution < -0.4 is 10.1 Å². The van der Waals surface area contributed by atoms with Crippen molar-refractivity contribution < 1.29 is 4.74 Å². The number of nitrogens with one attached hydrogen (secondary N) is 1. The summed E-state index contributed by atoms with van der Waals surface area (Å²) in [7, 11) is 3.56. The predicted molar refractivity (Wildman–Crippen MR) is 84.5 cm³/mol. The molecule has 0 aliphatic carbocycles. The Balaban J connectivity index is 2.51. The maximum absolute atomic E-state index is 6.20. The zero-order valence-corrected chi connectivity index (χ0v) is 14.0. The van der Waals surface area contributed by atoms with Crippen molar-refractivity contribution in [3.63, 3.8) is 0 Å². The molecular formula is C14H17BrClN3O. The number of benzene rings is 1. The summed E-state index contributed by atoms with van der Waals surface area (Å²) in [6, 6.07) is 5.89. The summed E-state index contributed by atoms with van der Waals surface area (Å²) in [5, 5.41) is 8.34. The first kappa shape index (κ1) is 15.4. The Bertz CT molecular complexity index is 579. The number of nitrogens with zero attached hydrogens (tertiary/aromatic N) is 2. The third-order valence-electron chi connectivity index (χ3n) is 3.20. The topological polar surface area (TPSA) is 39.1 Å². The highest BCUT2D eigenvalue weighted by Gasteiger charge is 2.22. The quantitative estimate of drug-likeness (QED) is 0.887. The molecule has 1 atom stereocenters. The Morgan fingerprint density at radius 3 is 2.80 bits per heavy atom. The van der Waals surface area contributed by atoms with Gasteiger partial charge < -0.3 is 10.1 Å². The molecule has 0 amide bonds. The summed E-state index contributed by atoms with van der Waals surface area (Å²) in [6.07, 6.45) is 1.74. The minimum absolute atomic E-state index is 0.0296. The fourth-order valence-electron chi connectivity index (χ4n) is 2.23. The molecule has 0 spiro atoms. The summed E-state index contributed by atoms with van der Waals surface area (Å²) in [5.74, 6) is 0.769. The van der Waals surface area contributed by atoms with Crippen LogP contribution in [0.15, 0.2) is 28.9 Å². The lowest BCUT2D eigenvalue weighted by Crippen LogP contribution is -2.22. The van der Waals surface area contributed by atoms with Gasteiger partial charge in [0.1, 0.15) is 5.69 Å². The van der Waals surface area contributed by atoms with Crippen LogP contribution in [0, 0.1) is 0 Å². The average Bonchev–Trinajstić information content (AvgIpc) is 2.86. The Hall–Kier alpha value is -1.04. The van der Waals surface area contributed by atoms with Crippen LogP contribution in [0.1, 0.15) is 24.2 Å². The lowest BCUT2D eigenvalue weighted by atomic mass is 10.0. The molecule has 0 radical (unpaired) electrons. The maximum atomic E-state index is 6.20. The van der Waals surface area contributed by atoms with E-state index in [-0.39, 0.29) is 6.04 Å². The number of hydrogen-bond acceptors (Lipinski definition) is 3. The number of aryl methyl sites for hydroxylation is 1. The first-order valence-corrected chi connectivity index (χ1v) is 7.51. The molecule has 6 heteroatoms. The highest BCUT2D eigenvalue weighted by atomic mass is 79.9. The highest BCUT2D eigenvalue weighted by Crippen LogP contribution is 2.33. The molecule has 1 aromatic heterocycles. The lowest BCUT2D eigenvalue weighted by Gasteiger charge is -2.20. The van der Waals surface area contributed by atoms with Crippen LogP contribution in [-0.4, -0.2) is 23.9 Å². The number of aromatic nitrogens is 2. The molecule has 20 heavy (non-hydrogen) atoms. The van der Waals surface area contributed by atoms with E-state index >= 15 is 0 Å². The molecule has 4 nitrogen and oxygen atoms in total. The first-order valence-electron chi connectivity index (χ1n) is 6.34. The Labute approximate surface area is 132 Å². The summed E-state index contributed by atoms with van der Waals surface area (Å²) >= 11 is 9.61. The second-order valence-corrected chi connectivity index (χ2v) is 5.57. The maximum Gasteiger partial charge on any atom is 0.161 e. The molecule has 0 fully saturated rings. The van der Waals surface area contributed by atoms with Gasteiger partial charge in [-0.05, 0) is 47.6 Å². The zero-order valence-electron chi connectivity index (χ0n) is 11.7. The fourth-order valence-corrected chi connectivity index (χ4v) is 2.67. The summed E-state index contributed by atoms with van der Waals surface area (Å²) < 4.78 is 8.23. The van der Waals surface area contributed by atoms with E-state index in [1.54, 1.807) is 13.3 Å². The molecule has 1 aromatic carbocycles. The van der Waals surface area contributed by atoms with E-state index in [1.807, 2.05) is 29.9 Å². The molecule has 108 valence electrons. The van der Waals surface area contributed by atoms with Crippen LogP contribution in [0.4, 0.5) is 0 Å². The lowest BCUT2D eigenvalue weighted by molar-refractivity contribution is 0.401. The second-order valence-electron chi connectivity index (χ2n) is 4.31. The van der Waals surface area contributed by atoms with Gasteiger partial charge in [-0.1, -0.05) is 17.7 Å². The molecule has 0 bridgehead atoms. The van der Waals surface area contributed by atoms with E-state index in [2.05, 4.69) is 33.3 Å². The first-order chi connectivity index (χ1) is 9.62. The Kier molecular flexibility index (Phi) is 5.07. The minimum Gasteiger partial charge on any atom is -0.493 e. The van der Waals surface area contributed by atoms with Crippen molar-refractivity contribution in [3.05, 3.63) is 45.1 Å². The summed E-state index contributed by atoms with van der Waals surface area (Å²) in [5.41, 5.74) is 2.06. The highest BCUT2D eigenvalue weighted by molar-refractivity contribution is 9.10. The molecule has 1 heterocycles. The molecule has 2 aromatic rings. The number of ether oxygens (including phenoxy) is 1. The molecule has 0 saturated carbocycles. The molecule has 1 N–H and O–H groups in total. The monoisotopic (exact) mass is 357 g/mol. The molecule has 0 saturated heterocycles. The van der Waals surface area contributed by atoms with E-state index in [0.717, 1.165) is 28.0 Å². The summed E-state index contributed by atoms with van der Waals surface area (Å²) in [6.45, 7) is 2.83. The van der Waals surface area contributed by atoms with Gasteiger partial charge in [0.2, 0.25) is 0 Å². The molecule has 2 rings (SSSR count). The van der Waals surface area contributed by atoms with E-state index in [9.17, 15) is 0 Å². The summed E-state index contributed by atoms with van der Waals surface area (Å²) in [4.78, 5) is 0. The van der Waals surface area contributed by atoms with E-state index < -0.39 is 0 Å². The minimum atomic E-state index is -0.0296. The number of rotatable bonds is 5. The van der Waals surface area contributed by atoms with Gasteiger partial charge >= 0.3 is 0 Å². The van der Waals surface area contributed by atoms with E-state index in [1.165, 1.54) is 0 Å². The molecule has 1 unspecified atom stereocenters. The van der Waals surface area contributed by atoms with Gasteiger partial charge in [0, 0.05) is 11.0 Å². The van der Waals surface area contributed by atoms with Crippen LogP contribution in [0.3, 0.4) is 0 Å². The van der Waals surface area contributed by atoms with Crippen molar-refractivity contribution >= 4 is 27.5 Å². The third-order valence-corrected chi connectivity index (χ3v) is 4.44. The Morgan fingerprint density at radius 2 is 2.25 bits per heavy atom. The smallest absolute Gasteiger partial charge is 0.161 e. The molecule has 0 aliphatic rings. The zero-order chi connectivity index (χ0) is 14.7. The van der Waals surface area contributed by atoms with Gasteiger partial charge in [0.25, 0.3) is 0 Å². The predicted octanol–water partition coefficient (Wildman–Crippen LogP) is 3.64. The van der Waals surface area contributed by atoms with Gasteiger partial charge in [-0.15, -0.1) is 0 Å². The number of hydrogen-bond donors (Lipinski definition) is 1. The average molecular weight is 359 g/mol. The number of methoxy groups -OCH3 is 1. The van der Waals surface area contributed by atoms with Crippen molar-refractivity contribution in [3.8, 4) is 5.75 Å². The largest absolute Gasteiger partial charge is 0.493 e. The van der Waals surface area contributed by atoms with Gasteiger partial charge in [-0.3, -0.25) is 4.68 Å². The van der Waals surface area contributed by atoms with Crippen LogP contribution in [0.2, 0.25) is 5.02 Å². The van der Waals surface area contributed by atoms with Crippen molar-refractivity contribution in [2.75, 3.05) is 14.2 Å². The van der Waals surface area contributed by atoms with Crippen molar-refractivity contribution in [2.45, 2.75) is 19.5 Å². The Morgan fingerprint density at radius 1 is 1.50 bits per heavy atom. The van der Waals surface area contributed by atoms with Gasteiger partial charge in [-0.25, -0.2) is 0 Å². The van der Waals surface area contributed by atoms with Gasteiger partial charge in [0.15, 0.2) is 5.75 Å². The van der Waals surface area contributed by atoms with Crippen molar-refractivity contribution in [1.29, 1.82) is 0 Å². The van der Waals surface area contributed by atoms with E-state index in [0.29, 0.717) is 5.02 Å².